The third-order valence-corrected chi connectivity index (χ3v) is 1.59. The molecular formula is C7H12O2S. The molecule has 0 radical (unpaired) electrons. The van der Waals surface area contributed by atoms with E-state index >= 15 is 0 Å². The Bertz CT molecular complexity index is 130. The molecule has 3 heteroatoms. The van der Waals surface area contributed by atoms with E-state index in [0.29, 0.717) is 5.25 Å². The highest BCUT2D eigenvalue weighted by atomic mass is 32.2. The second-order valence-electron chi connectivity index (χ2n) is 2.01. The molecule has 0 spiro atoms. The van der Waals surface area contributed by atoms with E-state index in [0.717, 1.165) is 0 Å². The summed E-state index contributed by atoms with van der Waals surface area (Å²) in [4.78, 5) is 10.5. The van der Waals surface area contributed by atoms with Gasteiger partial charge in [-0.25, -0.2) is 4.79 Å². The molecular weight excluding hydrogens is 148 g/mol. The minimum Gasteiger partial charge on any atom is -0.466 e. The Kier molecular flexibility index (Phi) is 5.12. The minimum atomic E-state index is -0.298. The number of hydrogen-bond acceptors (Lipinski definition) is 3. The van der Waals surface area contributed by atoms with Crippen LogP contribution >= 0.6 is 11.8 Å². The minimum absolute atomic E-state index is 0.298. The van der Waals surface area contributed by atoms with E-state index in [1.54, 1.807) is 17.2 Å². The lowest BCUT2D eigenvalue weighted by atomic mass is 10.6. The smallest absolute Gasteiger partial charge is 0.330 e. The maximum atomic E-state index is 10.5. The van der Waals surface area contributed by atoms with Crippen LogP contribution in [0.25, 0.3) is 0 Å². The van der Waals surface area contributed by atoms with Crippen LogP contribution in [-0.4, -0.2) is 18.3 Å². The summed E-state index contributed by atoms with van der Waals surface area (Å²) in [6.07, 6.45) is 1.42. The summed E-state index contributed by atoms with van der Waals surface area (Å²) in [5.41, 5.74) is 0. The van der Waals surface area contributed by atoms with Crippen LogP contribution in [-0.2, 0) is 9.53 Å². The monoisotopic (exact) mass is 160 g/mol. The molecule has 0 rings (SSSR count). The van der Waals surface area contributed by atoms with Crippen molar-refractivity contribution in [2.24, 2.45) is 0 Å². The van der Waals surface area contributed by atoms with Gasteiger partial charge in [0, 0.05) is 11.3 Å². The normalized spacial score (nSPS) is 10.8. The van der Waals surface area contributed by atoms with Crippen LogP contribution < -0.4 is 0 Å². The van der Waals surface area contributed by atoms with E-state index in [1.165, 1.54) is 13.2 Å². The first kappa shape index (κ1) is 9.56. The molecule has 0 bridgehead atoms. The van der Waals surface area contributed by atoms with E-state index in [4.69, 9.17) is 0 Å². The predicted octanol–water partition coefficient (Wildman–Crippen LogP) is 1.81. The Morgan fingerprint density at radius 2 is 2.20 bits per heavy atom. The summed E-state index contributed by atoms with van der Waals surface area (Å²) in [5, 5.41) is 2.26. The van der Waals surface area contributed by atoms with Gasteiger partial charge in [0.05, 0.1) is 7.11 Å². The third kappa shape index (κ3) is 5.69. The standard InChI is InChI=1S/C7H12O2S/c1-6(2)10-5-4-7(8)9-3/h4-6H,1-3H3/b5-4+. The zero-order chi connectivity index (χ0) is 7.98. The average molecular weight is 160 g/mol. The van der Waals surface area contributed by atoms with Gasteiger partial charge in [0.2, 0.25) is 0 Å². The van der Waals surface area contributed by atoms with Crippen molar-refractivity contribution in [2.45, 2.75) is 19.1 Å². The van der Waals surface area contributed by atoms with Crippen LogP contribution in [0, 0.1) is 0 Å². The molecule has 2 nitrogen and oxygen atoms in total. The van der Waals surface area contributed by atoms with Gasteiger partial charge in [0.1, 0.15) is 0 Å². The van der Waals surface area contributed by atoms with Gasteiger partial charge in [-0.15, -0.1) is 11.8 Å². The zero-order valence-electron chi connectivity index (χ0n) is 6.46. The summed E-state index contributed by atoms with van der Waals surface area (Å²) in [5.74, 6) is -0.298. The zero-order valence-corrected chi connectivity index (χ0v) is 7.27. The van der Waals surface area contributed by atoms with Gasteiger partial charge in [-0.1, -0.05) is 13.8 Å². The molecule has 0 fully saturated rings. The maximum Gasteiger partial charge on any atom is 0.330 e. The Labute approximate surface area is 65.6 Å². The molecule has 0 aromatic carbocycles. The summed E-state index contributed by atoms with van der Waals surface area (Å²) in [6.45, 7) is 4.12. The number of carbonyl (C=O) groups excluding carboxylic acids is 1. The SMILES string of the molecule is COC(=O)/C=C/SC(C)C. The predicted molar refractivity (Wildman–Crippen MR) is 43.9 cm³/mol. The molecule has 0 heterocycles. The van der Waals surface area contributed by atoms with Gasteiger partial charge in [-0.2, -0.15) is 0 Å². The summed E-state index contributed by atoms with van der Waals surface area (Å²) in [7, 11) is 1.37. The van der Waals surface area contributed by atoms with Gasteiger partial charge < -0.3 is 4.74 Å². The molecule has 0 N–H and O–H groups in total. The van der Waals surface area contributed by atoms with Crippen molar-refractivity contribution in [3.63, 3.8) is 0 Å². The molecule has 0 saturated carbocycles. The Balaban J connectivity index is 3.46. The van der Waals surface area contributed by atoms with Gasteiger partial charge in [-0.05, 0) is 5.41 Å². The Hall–Kier alpha value is -0.440. The van der Waals surface area contributed by atoms with E-state index in [1.807, 2.05) is 0 Å². The first-order valence-corrected chi connectivity index (χ1v) is 4.01. The van der Waals surface area contributed by atoms with Crippen molar-refractivity contribution in [1.82, 2.24) is 0 Å². The van der Waals surface area contributed by atoms with Crippen molar-refractivity contribution in [3.8, 4) is 0 Å². The number of methoxy groups -OCH3 is 1. The second-order valence-corrected chi connectivity index (χ2v) is 3.50. The molecule has 0 aliphatic carbocycles. The lowest BCUT2D eigenvalue weighted by Gasteiger charge is -1.95. The molecule has 0 aliphatic rings. The number of hydrogen-bond donors (Lipinski definition) is 0. The van der Waals surface area contributed by atoms with E-state index < -0.39 is 0 Å². The number of rotatable bonds is 3. The maximum absolute atomic E-state index is 10.5. The van der Waals surface area contributed by atoms with Crippen LogP contribution in [0.4, 0.5) is 0 Å². The fourth-order valence-electron chi connectivity index (χ4n) is 0.320. The molecule has 0 aliphatic heterocycles. The number of thioether (sulfide) groups is 1. The highest BCUT2D eigenvalue weighted by molar-refractivity contribution is 8.02. The molecule has 0 aromatic rings. The molecule has 0 aromatic heterocycles. The van der Waals surface area contributed by atoms with Crippen molar-refractivity contribution in [1.29, 1.82) is 0 Å². The van der Waals surface area contributed by atoms with Gasteiger partial charge in [-0.3, -0.25) is 0 Å². The molecule has 0 atom stereocenters. The summed E-state index contributed by atoms with van der Waals surface area (Å²) >= 11 is 1.59. The Morgan fingerprint density at radius 3 is 2.60 bits per heavy atom. The highest BCUT2D eigenvalue weighted by Gasteiger charge is 1.91. The van der Waals surface area contributed by atoms with Crippen LogP contribution in [0.3, 0.4) is 0 Å². The van der Waals surface area contributed by atoms with Crippen molar-refractivity contribution >= 4 is 17.7 Å². The van der Waals surface area contributed by atoms with Crippen molar-refractivity contribution < 1.29 is 9.53 Å². The fraction of sp³-hybridized carbons (Fsp3) is 0.571. The molecule has 0 unspecified atom stereocenters. The molecule has 58 valence electrons. The van der Waals surface area contributed by atoms with Crippen LogP contribution in [0.2, 0.25) is 0 Å². The third-order valence-electron chi connectivity index (χ3n) is 0.756. The topological polar surface area (TPSA) is 26.3 Å². The van der Waals surface area contributed by atoms with Crippen LogP contribution in [0.5, 0.6) is 0 Å². The lowest BCUT2D eigenvalue weighted by Crippen LogP contribution is -1.93. The lowest BCUT2D eigenvalue weighted by molar-refractivity contribution is -0.134. The number of esters is 1. The van der Waals surface area contributed by atoms with Crippen LogP contribution in [0.15, 0.2) is 11.5 Å². The molecule has 10 heavy (non-hydrogen) atoms. The first-order chi connectivity index (χ1) is 4.66. The van der Waals surface area contributed by atoms with Gasteiger partial charge >= 0.3 is 5.97 Å². The Morgan fingerprint density at radius 1 is 1.60 bits per heavy atom. The van der Waals surface area contributed by atoms with Gasteiger partial charge in [0.15, 0.2) is 0 Å². The first-order valence-electron chi connectivity index (χ1n) is 3.06. The van der Waals surface area contributed by atoms with E-state index in [9.17, 15) is 4.79 Å². The van der Waals surface area contributed by atoms with Crippen molar-refractivity contribution in [2.75, 3.05) is 7.11 Å². The van der Waals surface area contributed by atoms with E-state index in [2.05, 4.69) is 18.6 Å². The summed E-state index contributed by atoms with van der Waals surface area (Å²) < 4.78 is 4.39. The number of ether oxygens (including phenoxy) is 1. The van der Waals surface area contributed by atoms with E-state index in [-0.39, 0.29) is 5.97 Å². The summed E-state index contributed by atoms with van der Waals surface area (Å²) in [6, 6.07) is 0. The molecule has 0 amide bonds. The van der Waals surface area contributed by atoms with Gasteiger partial charge in [0.25, 0.3) is 0 Å². The second kappa shape index (κ2) is 5.35. The van der Waals surface area contributed by atoms with Crippen molar-refractivity contribution in [3.05, 3.63) is 11.5 Å². The number of carbonyl (C=O) groups is 1. The fourth-order valence-corrected chi connectivity index (χ4v) is 0.824. The van der Waals surface area contributed by atoms with Crippen LogP contribution in [0.1, 0.15) is 13.8 Å². The highest BCUT2D eigenvalue weighted by Crippen LogP contribution is 2.09. The quantitative estimate of drug-likeness (QED) is 0.465. The molecule has 0 saturated heterocycles. The average Bonchev–Trinajstić information content (AvgIpc) is 1.87. The largest absolute Gasteiger partial charge is 0.466 e.